The molecule has 0 spiro atoms. The van der Waals surface area contributed by atoms with Crippen LogP contribution in [0.25, 0.3) is 0 Å². The van der Waals surface area contributed by atoms with E-state index in [0.717, 1.165) is 12.8 Å². The molecule has 0 amide bonds. The van der Waals surface area contributed by atoms with Gasteiger partial charge in [-0.2, -0.15) is 0 Å². The number of ether oxygens (including phenoxy) is 3. The summed E-state index contributed by atoms with van der Waals surface area (Å²) >= 11 is 0. The molecule has 0 aromatic carbocycles. The second-order valence-electron chi connectivity index (χ2n) is 6.65. The molecule has 0 bridgehead atoms. The summed E-state index contributed by atoms with van der Waals surface area (Å²) in [5.74, 6) is 1.12. The minimum Gasteiger partial charge on any atom is -0.394 e. The third kappa shape index (κ3) is 9.09. The Kier molecular flexibility index (Phi) is 12.2. The molecule has 5 unspecified atom stereocenters. The van der Waals surface area contributed by atoms with Crippen LogP contribution >= 0.6 is 0 Å². The average Bonchev–Trinajstić information content (AvgIpc) is 2.53. The van der Waals surface area contributed by atoms with Gasteiger partial charge in [-0.3, -0.25) is 0 Å². The topological polar surface area (TPSA) is 47.9 Å². The lowest BCUT2D eigenvalue weighted by molar-refractivity contribution is -0.111. The highest BCUT2D eigenvalue weighted by Crippen LogP contribution is 2.23. The smallest absolute Gasteiger partial charge is 0.0784 e. The SMILES string of the molecule is CCC(C)C(OC(C)COC(C)COC(C)CO)C(C)CC. The molecular formula is C18H38O4. The van der Waals surface area contributed by atoms with Crippen LogP contribution in [-0.2, 0) is 14.2 Å². The van der Waals surface area contributed by atoms with Gasteiger partial charge in [-0.25, -0.2) is 0 Å². The van der Waals surface area contributed by atoms with Crippen LogP contribution in [0.3, 0.4) is 0 Å². The molecular weight excluding hydrogens is 280 g/mol. The van der Waals surface area contributed by atoms with Gasteiger partial charge in [0, 0.05) is 0 Å². The van der Waals surface area contributed by atoms with Gasteiger partial charge in [0.25, 0.3) is 0 Å². The van der Waals surface area contributed by atoms with E-state index in [1.165, 1.54) is 0 Å². The summed E-state index contributed by atoms with van der Waals surface area (Å²) in [5, 5.41) is 8.93. The second kappa shape index (κ2) is 12.3. The van der Waals surface area contributed by atoms with E-state index >= 15 is 0 Å². The van der Waals surface area contributed by atoms with Gasteiger partial charge in [0.15, 0.2) is 0 Å². The molecule has 4 heteroatoms. The van der Waals surface area contributed by atoms with Crippen molar-refractivity contribution >= 4 is 0 Å². The zero-order valence-corrected chi connectivity index (χ0v) is 15.7. The van der Waals surface area contributed by atoms with Gasteiger partial charge in [-0.1, -0.05) is 40.5 Å². The first-order chi connectivity index (χ1) is 10.3. The van der Waals surface area contributed by atoms with Crippen LogP contribution in [0.4, 0.5) is 0 Å². The van der Waals surface area contributed by atoms with Crippen molar-refractivity contribution in [1.29, 1.82) is 0 Å². The predicted octanol–water partition coefficient (Wildman–Crippen LogP) is 3.65. The van der Waals surface area contributed by atoms with Crippen molar-refractivity contribution in [3.05, 3.63) is 0 Å². The predicted molar refractivity (Wildman–Crippen MR) is 91.2 cm³/mol. The van der Waals surface area contributed by atoms with Crippen molar-refractivity contribution in [2.24, 2.45) is 11.8 Å². The first-order valence-electron chi connectivity index (χ1n) is 8.85. The highest BCUT2D eigenvalue weighted by molar-refractivity contribution is 4.72. The lowest BCUT2D eigenvalue weighted by Gasteiger charge is -2.31. The van der Waals surface area contributed by atoms with Gasteiger partial charge in [0.1, 0.15) is 0 Å². The summed E-state index contributed by atoms with van der Waals surface area (Å²) in [6.07, 6.45) is 2.49. The number of aliphatic hydroxyl groups excluding tert-OH is 1. The van der Waals surface area contributed by atoms with E-state index in [2.05, 4.69) is 34.6 Å². The molecule has 0 aromatic rings. The molecule has 0 aromatic heterocycles. The molecule has 134 valence electrons. The molecule has 0 rings (SSSR count). The third-order valence-electron chi connectivity index (χ3n) is 4.29. The second-order valence-corrected chi connectivity index (χ2v) is 6.65. The first kappa shape index (κ1) is 21.8. The third-order valence-corrected chi connectivity index (χ3v) is 4.29. The van der Waals surface area contributed by atoms with Crippen LogP contribution in [0.2, 0.25) is 0 Å². The van der Waals surface area contributed by atoms with Gasteiger partial charge < -0.3 is 19.3 Å². The Labute approximate surface area is 137 Å². The quantitative estimate of drug-likeness (QED) is 0.563. The zero-order chi connectivity index (χ0) is 17.1. The molecule has 0 aliphatic rings. The zero-order valence-electron chi connectivity index (χ0n) is 15.7. The van der Waals surface area contributed by atoms with Gasteiger partial charge in [-0.15, -0.1) is 0 Å². The fraction of sp³-hybridized carbons (Fsp3) is 1.00. The van der Waals surface area contributed by atoms with Crippen LogP contribution in [0.15, 0.2) is 0 Å². The maximum absolute atomic E-state index is 8.93. The lowest BCUT2D eigenvalue weighted by Crippen LogP contribution is -2.34. The minimum absolute atomic E-state index is 0.00528. The Hall–Kier alpha value is -0.160. The Morgan fingerprint density at radius 1 is 0.727 bits per heavy atom. The largest absolute Gasteiger partial charge is 0.394 e. The average molecular weight is 318 g/mol. The first-order valence-corrected chi connectivity index (χ1v) is 8.85. The highest BCUT2D eigenvalue weighted by Gasteiger charge is 2.24. The molecule has 0 saturated heterocycles. The molecule has 0 fully saturated rings. The number of aliphatic hydroxyl groups is 1. The van der Waals surface area contributed by atoms with E-state index in [1.807, 2.05) is 13.8 Å². The summed E-state index contributed by atoms with van der Waals surface area (Å²) in [4.78, 5) is 0. The molecule has 0 heterocycles. The Morgan fingerprint density at radius 2 is 1.18 bits per heavy atom. The van der Waals surface area contributed by atoms with E-state index in [-0.39, 0.29) is 31.0 Å². The van der Waals surface area contributed by atoms with E-state index in [9.17, 15) is 0 Å². The summed E-state index contributed by atoms with van der Waals surface area (Å²) < 4.78 is 17.5. The molecule has 0 aliphatic carbocycles. The minimum atomic E-state index is -0.139. The van der Waals surface area contributed by atoms with Crippen molar-refractivity contribution in [2.45, 2.75) is 85.7 Å². The van der Waals surface area contributed by atoms with Gasteiger partial charge in [0.2, 0.25) is 0 Å². The van der Waals surface area contributed by atoms with Crippen LogP contribution in [0.1, 0.15) is 61.3 Å². The Bertz CT molecular complexity index is 249. The summed E-state index contributed by atoms with van der Waals surface area (Å²) in [6.45, 7) is 16.0. The van der Waals surface area contributed by atoms with Crippen LogP contribution in [-0.4, -0.2) is 49.3 Å². The van der Waals surface area contributed by atoms with Crippen molar-refractivity contribution in [3.8, 4) is 0 Å². The van der Waals surface area contributed by atoms with E-state index in [1.54, 1.807) is 0 Å². The van der Waals surface area contributed by atoms with E-state index < -0.39 is 0 Å². The fourth-order valence-corrected chi connectivity index (χ4v) is 2.30. The van der Waals surface area contributed by atoms with Gasteiger partial charge in [0.05, 0.1) is 44.2 Å². The molecule has 0 saturated carbocycles. The number of hydrogen-bond acceptors (Lipinski definition) is 4. The summed E-state index contributed by atoms with van der Waals surface area (Å²) in [5.41, 5.74) is 0. The maximum atomic E-state index is 8.93. The van der Waals surface area contributed by atoms with Gasteiger partial charge >= 0.3 is 0 Å². The molecule has 0 radical (unpaired) electrons. The number of rotatable bonds is 13. The fourth-order valence-electron chi connectivity index (χ4n) is 2.30. The van der Waals surface area contributed by atoms with E-state index in [4.69, 9.17) is 19.3 Å². The van der Waals surface area contributed by atoms with E-state index in [0.29, 0.717) is 25.0 Å². The highest BCUT2D eigenvalue weighted by atomic mass is 16.6. The Morgan fingerprint density at radius 3 is 1.64 bits per heavy atom. The summed E-state index contributed by atoms with van der Waals surface area (Å²) in [7, 11) is 0. The monoisotopic (exact) mass is 318 g/mol. The van der Waals surface area contributed by atoms with Crippen molar-refractivity contribution in [2.75, 3.05) is 19.8 Å². The molecule has 5 atom stereocenters. The normalized spacial score (nSPS) is 20.2. The molecule has 22 heavy (non-hydrogen) atoms. The molecule has 0 aliphatic heterocycles. The summed E-state index contributed by atoms with van der Waals surface area (Å²) in [6, 6.07) is 0. The van der Waals surface area contributed by atoms with Crippen LogP contribution < -0.4 is 0 Å². The lowest BCUT2D eigenvalue weighted by atomic mass is 9.89. The van der Waals surface area contributed by atoms with Crippen molar-refractivity contribution in [1.82, 2.24) is 0 Å². The standard InChI is InChI=1S/C18H38O4/c1-8-13(3)18(14(4)9-2)22-17(7)12-21-16(6)11-20-15(5)10-19/h13-19H,8-12H2,1-7H3. The van der Waals surface area contributed by atoms with Crippen LogP contribution in [0, 0.1) is 11.8 Å². The van der Waals surface area contributed by atoms with Gasteiger partial charge in [-0.05, 0) is 32.6 Å². The molecule has 1 N–H and O–H groups in total. The maximum Gasteiger partial charge on any atom is 0.0784 e. The van der Waals surface area contributed by atoms with Crippen LogP contribution in [0.5, 0.6) is 0 Å². The van der Waals surface area contributed by atoms with Crippen molar-refractivity contribution in [3.63, 3.8) is 0 Å². The van der Waals surface area contributed by atoms with Crippen molar-refractivity contribution < 1.29 is 19.3 Å². The Balaban J connectivity index is 4.15. The number of hydrogen-bond donors (Lipinski definition) is 1. The molecule has 4 nitrogen and oxygen atoms in total.